The SMILES string of the molecule is C=CCOC(=O)/C=C/C(=O)OCC=C.CCOC(=O)/C=C\C(=O)OCC. The third kappa shape index (κ3) is 18.9. The monoisotopic (exact) mass is 368 g/mol. The summed E-state index contributed by atoms with van der Waals surface area (Å²) in [5, 5.41) is 0. The van der Waals surface area contributed by atoms with Gasteiger partial charge in [0.25, 0.3) is 0 Å². The normalized spacial score (nSPS) is 9.62. The Morgan fingerprint density at radius 3 is 1.12 bits per heavy atom. The van der Waals surface area contributed by atoms with E-state index >= 15 is 0 Å². The number of rotatable bonds is 10. The maximum absolute atomic E-state index is 10.8. The molecule has 0 rings (SSSR count). The minimum Gasteiger partial charge on any atom is -0.463 e. The molecule has 0 aromatic heterocycles. The van der Waals surface area contributed by atoms with Gasteiger partial charge in [0.1, 0.15) is 13.2 Å². The molecule has 0 aliphatic rings. The first-order valence-electron chi connectivity index (χ1n) is 7.66. The van der Waals surface area contributed by atoms with Crippen LogP contribution in [-0.2, 0) is 38.1 Å². The second-order valence-electron chi connectivity index (χ2n) is 4.01. The van der Waals surface area contributed by atoms with Crippen LogP contribution in [0.15, 0.2) is 49.6 Å². The van der Waals surface area contributed by atoms with Crippen molar-refractivity contribution in [2.24, 2.45) is 0 Å². The second-order valence-corrected chi connectivity index (χ2v) is 4.01. The predicted molar refractivity (Wildman–Crippen MR) is 93.9 cm³/mol. The Hall–Kier alpha value is -3.16. The molecule has 0 amide bonds. The standard InChI is InChI=1S/C10H12O4.C8H12O4/c1-3-7-13-9(11)5-6-10(12)14-8-4-2;1-3-11-7(9)5-6-8(10)12-4-2/h3-6H,1-2,7-8H2;5-6H,3-4H2,1-2H3/b6-5+;6-5-. The smallest absolute Gasteiger partial charge is 0.331 e. The van der Waals surface area contributed by atoms with Crippen LogP contribution in [0, 0.1) is 0 Å². The van der Waals surface area contributed by atoms with E-state index < -0.39 is 23.9 Å². The zero-order valence-electron chi connectivity index (χ0n) is 15.0. The third-order valence-corrected chi connectivity index (χ3v) is 1.97. The van der Waals surface area contributed by atoms with E-state index in [1.807, 2.05) is 0 Å². The minimum absolute atomic E-state index is 0.116. The summed E-state index contributed by atoms with van der Waals surface area (Å²) in [6, 6.07) is 0. The highest BCUT2D eigenvalue weighted by Gasteiger charge is 1.98. The van der Waals surface area contributed by atoms with Crippen LogP contribution < -0.4 is 0 Å². The Bertz CT molecular complexity index is 485. The number of ether oxygens (including phenoxy) is 4. The molecule has 0 spiro atoms. The minimum atomic E-state index is -0.611. The van der Waals surface area contributed by atoms with Gasteiger partial charge >= 0.3 is 23.9 Å². The molecule has 0 N–H and O–H groups in total. The first kappa shape index (κ1) is 25.1. The van der Waals surface area contributed by atoms with E-state index in [9.17, 15) is 19.2 Å². The summed E-state index contributed by atoms with van der Waals surface area (Å²) in [6.07, 6.45) is 6.94. The molecule has 0 unspecified atom stereocenters. The molecule has 26 heavy (non-hydrogen) atoms. The summed E-state index contributed by atoms with van der Waals surface area (Å²) >= 11 is 0. The van der Waals surface area contributed by atoms with Crippen molar-refractivity contribution in [2.75, 3.05) is 26.4 Å². The lowest BCUT2D eigenvalue weighted by Gasteiger charge is -1.96. The van der Waals surface area contributed by atoms with Gasteiger partial charge in [-0.25, -0.2) is 19.2 Å². The maximum Gasteiger partial charge on any atom is 0.331 e. The molecule has 0 bridgehead atoms. The Kier molecular flexibility index (Phi) is 17.5. The van der Waals surface area contributed by atoms with Crippen molar-refractivity contribution in [2.45, 2.75) is 13.8 Å². The lowest BCUT2D eigenvalue weighted by Crippen LogP contribution is -2.04. The van der Waals surface area contributed by atoms with Gasteiger partial charge in [-0.3, -0.25) is 0 Å². The van der Waals surface area contributed by atoms with Crippen molar-refractivity contribution < 1.29 is 38.1 Å². The Morgan fingerprint density at radius 2 is 0.885 bits per heavy atom. The van der Waals surface area contributed by atoms with Crippen molar-refractivity contribution in [1.82, 2.24) is 0 Å². The molecule has 0 aliphatic carbocycles. The lowest BCUT2D eigenvalue weighted by atomic mass is 10.5. The van der Waals surface area contributed by atoms with E-state index in [1.54, 1.807) is 13.8 Å². The molecule has 8 heteroatoms. The summed E-state index contributed by atoms with van der Waals surface area (Å²) in [5.74, 6) is -2.29. The molecule has 0 fully saturated rings. The first-order chi connectivity index (χ1) is 12.4. The number of hydrogen-bond acceptors (Lipinski definition) is 8. The van der Waals surface area contributed by atoms with Crippen molar-refractivity contribution in [3.8, 4) is 0 Å². The van der Waals surface area contributed by atoms with Crippen LogP contribution in [0.3, 0.4) is 0 Å². The summed E-state index contributed by atoms with van der Waals surface area (Å²) < 4.78 is 18.2. The number of carbonyl (C=O) groups is 4. The van der Waals surface area contributed by atoms with Crippen molar-refractivity contribution >= 4 is 23.9 Å². The molecule has 0 saturated carbocycles. The average Bonchev–Trinajstić information content (AvgIpc) is 2.62. The zero-order chi connectivity index (χ0) is 20.2. The number of carbonyl (C=O) groups excluding carboxylic acids is 4. The van der Waals surface area contributed by atoms with Gasteiger partial charge in [0.2, 0.25) is 0 Å². The Morgan fingerprint density at radius 1 is 0.615 bits per heavy atom. The van der Waals surface area contributed by atoms with Crippen LogP contribution in [0.4, 0.5) is 0 Å². The van der Waals surface area contributed by atoms with E-state index in [2.05, 4.69) is 32.1 Å². The topological polar surface area (TPSA) is 105 Å². The summed E-state index contributed by atoms with van der Waals surface area (Å²) in [6.45, 7) is 10.9. The van der Waals surface area contributed by atoms with Gasteiger partial charge in [-0.2, -0.15) is 0 Å². The maximum atomic E-state index is 10.8. The van der Waals surface area contributed by atoms with Crippen LogP contribution in [-0.4, -0.2) is 50.3 Å². The van der Waals surface area contributed by atoms with E-state index in [4.69, 9.17) is 0 Å². The molecule has 8 nitrogen and oxygen atoms in total. The quantitative estimate of drug-likeness (QED) is 0.248. The fraction of sp³-hybridized carbons (Fsp3) is 0.333. The van der Waals surface area contributed by atoms with Gasteiger partial charge in [-0.05, 0) is 13.8 Å². The first-order valence-corrected chi connectivity index (χ1v) is 7.66. The average molecular weight is 368 g/mol. The highest BCUT2D eigenvalue weighted by molar-refractivity contribution is 5.92. The highest BCUT2D eigenvalue weighted by Crippen LogP contribution is 1.86. The van der Waals surface area contributed by atoms with Crippen LogP contribution in [0.25, 0.3) is 0 Å². The van der Waals surface area contributed by atoms with Crippen LogP contribution in [0.2, 0.25) is 0 Å². The van der Waals surface area contributed by atoms with Crippen LogP contribution in [0.1, 0.15) is 13.8 Å². The van der Waals surface area contributed by atoms with E-state index in [0.717, 1.165) is 24.3 Å². The fourth-order valence-corrected chi connectivity index (χ4v) is 1.03. The Balaban J connectivity index is 0. The largest absolute Gasteiger partial charge is 0.463 e. The number of esters is 4. The number of hydrogen-bond donors (Lipinski definition) is 0. The van der Waals surface area contributed by atoms with Crippen molar-refractivity contribution in [1.29, 1.82) is 0 Å². The fourth-order valence-electron chi connectivity index (χ4n) is 1.03. The van der Waals surface area contributed by atoms with Gasteiger partial charge in [-0.1, -0.05) is 25.3 Å². The molecule has 0 radical (unpaired) electrons. The van der Waals surface area contributed by atoms with Gasteiger partial charge in [-0.15, -0.1) is 0 Å². The van der Waals surface area contributed by atoms with Crippen molar-refractivity contribution in [3.05, 3.63) is 49.6 Å². The molecular formula is C18H24O8. The van der Waals surface area contributed by atoms with E-state index in [0.29, 0.717) is 13.2 Å². The molecule has 0 aromatic rings. The van der Waals surface area contributed by atoms with E-state index in [-0.39, 0.29) is 13.2 Å². The molecule has 144 valence electrons. The van der Waals surface area contributed by atoms with Crippen molar-refractivity contribution in [3.63, 3.8) is 0 Å². The summed E-state index contributed by atoms with van der Waals surface area (Å²) in [5.41, 5.74) is 0. The zero-order valence-corrected chi connectivity index (χ0v) is 15.0. The predicted octanol–water partition coefficient (Wildman–Crippen LogP) is 1.67. The highest BCUT2D eigenvalue weighted by atomic mass is 16.5. The van der Waals surface area contributed by atoms with Crippen LogP contribution >= 0.6 is 0 Å². The molecule has 0 aliphatic heterocycles. The third-order valence-electron chi connectivity index (χ3n) is 1.97. The molecule has 0 aromatic carbocycles. The molecule has 0 atom stereocenters. The molecule has 0 heterocycles. The second kappa shape index (κ2) is 18.2. The lowest BCUT2D eigenvalue weighted by molar-refractivity contribution is -0.140. The Labute approximate surface area is 152 Å². The molecular weight excluding hydrogens is 344 g/mol. The van der Waals surface area contributed by atoms with Gasteiger partial charge < -0.3 is 18.9 Å². The molecule has 0 saturated heterocycles. The van der Waals surface area contributed by atoms with Gasteiger partial charge in [0, 0.05) is 24.3 Å². The van der Waals surface area contributed by atoms with E-state index in [1.165, 1.54) is 12.2 Å². The van der Waals surface area contributed by atoms with Gasteiger partial charge in [0.05, 0.1) is 13.2 Å². The van der Waals surface area contributed by atoms with Crippen LogP contribution in [0.5, 0.6) is 0 Å². The summed E-state index contributed by atoms with van der Waals surface area (Å²) in [4.78, 5) is 42.9. The van der Waals surface area contributed by atoms with Gasteiger partial charge in [0.15, 0.2) is 0 Å². The summed E-state index contributed by atoms with van der Waals surface area (Å²) in [7, 11) is 0.